The Morgan fingerprint density at radius 2 is 1.62 bits per heavy atom. The minimum atomic E-state index is 0. The van der Waals surface area contributed by atoms with Gasteiger partial charge in [-0.15, -0.1) is 35.7 Å². The van der Waals surface area contributed by atoms with Crippen molar-refractivity contribution in [2.75, 3.05) is 0 Å². The van der Waals surface area contributed by atoms with E-state index in [0.29, 0.717) is 17.4 Å². The molecule has 6 heteroatoms. The van der Waals surface area contributed by atoms with Gasteiger partial charge in [-0.2, -0.15) is 17.2 Å². The maximum absolute atomic E-state index is 6.49. The molecule has 0 saturated carbocycles. The van der Waals surface area contributed by atoms with E-state index in [9.17, 15) is 0 Å². The summed E-state index contributed by atoms with van der Waals surface area (Å²) in [5, 5.41) is 7.24. The molecule has 0 aliphatic carbocycles. The minimum Gasteiger partial charge on any atom is -0.509 e. The molecule has 0 amide bonds. The van der Waals surface area contributed by atoms with E-state index >= 15 is 0 Å². The number of aryl methyl sites for hydroxylation is 2. The van der Waals surface area contributed by atoms with E-state index < -0.39 is 0 Å². The minimum absolute atomic E-state index is 0. The second-order valence-corrected chi connectivity index (χ2v) is 13.2. The number of nitrogens with zero attached hydrogens (tertiary/aromatic N) is 4. The van der Waals surface area contributed by atoms with E-state index in [1.54, 1.807) is 0 Å². The summed E-state index contributed by atoms with van der Waals surface area (Å²) in [6, 6.07) is 38.9. The van der Waals surface area contributed by atoms with Gasteiger partial charge in [0.25, 0.3) is 0 Å². The van der Waals surface area contributed by atoms with Gasteiger partial charge < -0.3 is 9.30 Å². The van der Waals surface area contributed by atoms with Crippen LogP contribution in [0.4, 0.5) is 0 Å². The van der Waals surface area contributed by atoms with E-state index in [-0.39, 0.29) is 21.1 Å². The predicted octanol–water partition coefficient (Wildman–Crippen LogP) is 11.7. The van der Waals surface area contributed by atoms with Crippen LogP contribution >= 0.6 is 0 Å². The van der Waals surface area contributed by atoms with Crippen molar-refractivity contribution in [1.29, 1.82) is 0 Å². The van der Waals surface area contributed by atoms with Gasteiger partial charge in [-0.1, -0.05) is 94.4 Å². The molecule has 0 aliphatic heterocycles. The van der Waals surface area contributed by atoms with Crippen molar-refractivity contribution in [3.05, 3.63) is 132 Å². The molecular weight excluding hydrogens is 796 g/mol. The van der Waals surface area contributed by atoms with Crippen LogP contribution < -0.4 is 4.74 Å². The van der Waals surface area contributed by atoms with Crippen molar-refractivity contribution in [2.24, 2.45) is 0 Å². The first-order valence-corrected chi connectivity index (χ1v) is 17.7. The van der Waals surface area contributed by atoms with E-state index in [2.05, 4.69) is 112 Å². The average molecular weight is 840 g/mol. The normalized spacial score (nSPS) is 11.9. The van der Waals surface area contributed by atoms with E-state index in [0.717, 1.165) is 63.3 Å². The van der Waals surface area contributed by atoms with Gasteiger partial charge in [0.1, 0.15) is 5.82 Å². The number of ether oxygens (including phenoxy) is 1. The van der Waals surface area contributed by atoms with Crippen LogP contribution in [0, 0.1) is 26.0 Å². The number of unbranched alkanes of at least 4 members (excludes halogenated alkanes) is 2. The quantitative estimate of drug-likeness (QED) is 0.0909. The van der Waals surface area contributed by atoms with Crippen LogP contribution in [0.2, 0.25) is 0 Å². The standard InChI is InChI=1S/C44H44N4O.Pt/c1-6-8-10-15-30(3)35-20-23-41-40(27-35)39-22-21-38(29-42(39)47(41)43-26-33(14-7-2)24-25-45-43)49-37-19-13-18-36(28-37)48-32(5)44(31(4)46-48)34-16-11-9-12-17-34;/h9,11-13,16-27,30H,6-8,10,14-15H2,1-5H3;/q-2;+2. The molecule has 7 aromatic rings. The fourth-order valence-electron chi connectivity index (χ4n) is 7.08. The van der Waals surface area contributed by atoms with E-state index in [4.69, 9.17) is 14.8 Å². The maximum atomic E-state index is 6.49. The molecule has 5 nitrogen and oxygen atoms in total. The van der Waals surface area contributed by atoms with Gasteiger partial charge in [0.05, 0.1) is 5.69 Å². The van der Waals surface area contributed by atoms with Crippen LogP contribution in [-0.4, -0.2) is 19.3 Å². The van der Waals surface area contributed by atoms with Crippen molar-refractivity contribution >= 4 is 21.8 Å². The Hall–Kier alpha value is -4.47. The first-order chi connectivity index (χ1) is 23.9. The van der Waals surface area contributed by atoms with Crippen LogP contribution in [0.5, 0.6) is 11.5 Å². The molecule has 0 N–H and O–H groups in total. The van der Waals surface area contributed by atoms with Gasteiger partial charge in [0.15, 0.2) is 0 Å². The molecular formula is C44H44N4OPt. The molecule has 50 heavy (non-hydrogen) atoms. The molecule has 0 bridgehead atoms. The van der Waals surface area contributed by atoms with Gasteiger partial charge >= 0.3 is 21.1 Å². The smallest absolute Gasteiger partial charge is 0.509 e. The van der Waals surface area contributed by atoms with Crippen molar-refractivity contribution in [3.8, 4) is 34.1 Å². The Balaban J connectivity index is 0.00000432. The molecule has 256 valence electrons. The van der Waals surface area contributed by atoms with Gasteiger partial charge in [-0.05, 0) is 78.6 Å². The molecule has 4 aromatic carbocycles. The molecule has 1 unspecified atom stereocenters. The molecule has 0 aliphatic rings. The van der Waals surface area contributed by atoms with Crippen LogP contribution in [-0.2, 0) is 27.5 Å². The molecule has 1 atom stereocenters. The third-order valence-corrected chi connectivity index (χ3v) is 9.62. The fraction of sp³-hybridized carbons (Fsp3) is 0.273. The Morgan fingerprint density at radius 1 is 0.800 bits per heavy atom. The topological polar surface area (TPSA) is 44.9 Å². The van der Waals surface area contributed by atoms with E-state index in [1.807, 2.05) is 41.2 Å². The molecule has 0 fully saturated rings. The van der Waals surface area contributed by atoms with Crippen molar-refractivity contribution < 1.29 is 25.8 Å². The molecule has 3 aromatic heterocycles. The van der Waals surface area contributed by atoms with Crippen LogP contribution in [0.3, 0.4) is 0 Å². The van der Waals surface area contributed by atoms with Crippen molar-refractivity contribution in [2.45, 2.75) is 79.1 Å². The third kappa shape index (κ3) is 7.07. The summed E-state index contributed by atoms with van der Waals surface area (Å²) in [5.41, 5.74) is 9.89. The monoisotopic (exact) mass is 839 g/mol. The zero-order valence-electron chi connectivity index (χ0n) is 29.6. The van der Waals surface area contributed by atoms with Crippen LogP contribution in [0.1, 0.15) is 81.3 Å². The van der Waals surface area contributed by atoms with Crippen LogP contribution in [0.25, 0.3) is 44.4 Å². The molecule has 0 spiro atoms. The SMILES string of the molecule is CCCCCC(C)c1ccc2c(c1)c1ccc(Oc3[c-]c(-n4nc(C)c(-c5ccccc5)c4C)ccc3)[c-]c1n2-c1cc(CCC)ccn1.[Pt+2]. The fourth-order valence-corrected chi connectivity index (χ4v) is 7.08. The molecule has 3 heterocycles. The van der Waals surface area contributed by atoms with E-state index in [1.165, 1.54) is 42.2 Å². The zero-order chi connectivity index (χ0) is 33.9. The summed E-state index contributed by atoms with van der Waals surface area (Å²) in [5.74, 6) is 2.63. The third-order valence-electron chi connectivity index (χ3n) is 9.62. The largest absolute Gasteiger partial charge is 2.00 e. The second-order valence-electron chi connectivity index (χ2n) is 13.2. The molecule has 0 saturated heterocycles. The Kier molecular flexibility index (Phi) is 11.0. The summed E-state index contributed by atoms with van der Waals surface area (Å²) in [6.07, 6.45) is 8.99. The predicted molar refractivity (Wildman–Crippen MR) is 201 cm³/mol. The Morgan fingerprint density at radius 3 is 2.42 bits per heavy atom. The summed E-state index contributed by atoms with van der Waals surface area (Å²) in [4.78, 5) is 4.86. The first-order valence-electron chi connectivity index (χ1n) is 17.7. The summed E-state index contributed by atoms with van der Waals surface area (Å²) >= 11 is 0. The number of pyridine rings is 1. The molecule has 0 radical (unpaired) electrons. The number of rotatable bonds is 12. The van der Waals surface area contributed by atoms with Crippen molar-refractivity contribution in [3.63, 3.8) is 0 Å². The summed E-state index contributed by atoms with van der Waals surface area (Å²) < 4.78 is 10.7. The number of aromatic nitrogens is 4. The number of fused-ring (bicyclic) bond motifs is 3. The number of hydrogen-bond donors (Lipinski definition) is 0. The maximum Gasteiger partial charge on any atom is 2.00 e. The van der Waals surface area contributed by atoms with Gasteiger partial charge in [-0.3, -0.25) is 4.68 Å². The number of hydrogen-bond acceptors (Lipinski definition) is 3. The second kappa shape index (κ2) is 15.6. The first kappa shape index (κ1) is 35.4. The van der Waals surface area contributed by atoms with Gasteiger partial charge in [0, 0.05) is 34.5 Å². The molecule has 7 rings (SSSR count). The zero-order valence-corrected chi connectivity index (χ0v) is 31.8. The number of benzene rings is 4. The van der Waals surface area contributed by atoms with Crippen molar-refractivity contribution in [1.82, 2.24) is 19.3 Å². The summed E-state index contributed by atoms with van der Waals surface area (Å²) in [6.45, 7) is 11.0. The average Bonchev–Trinajstić information content (AvgIpc) is 3.61. The summed E-state index contributed by atoms with van der Waals surface area (Å²) in [7, 11) is 0. The Bertz CT molecular complexity index is 2230. The van der Waals surface area contributed by atoms with Crippen LogP contribution in [0.15, 0.2) is 97.2 Å². The van der Waals surface area contributed by atoms with Gasteiger partial charge in [0.2, 0.25) is 0 Å². The van der Waals surface area contributed by atoms with Gasteiger partial charge in [-0.25, -0.2) is 4.98 Å². The Labute approximate surface area is 310 Å².